The van der Waals surface area contributed by atoms with Crippen molar-refractivity contribution in [3.63, 3.8) is 0 Å². The Kier molecular flexibility index (Phi) is 1.77. The number of benzene rings is 1. The highest BCUT2D eigenvalue weighted by molar-refractivity contribution is 7.12. The maximum atomic E-state index is 5.45. The van der Waals surface area contributed by atoms with Crippen LogP contribution in [0.1, 0.15) is 5.56 Å². The van der Waals surface area contributed by atoms with Crippen molar-refractivity contribution in [1.29, 1.82) is 0 Å². The summed E-state index contributed by atoms with van der Waals surface area (Å²) >= 11 is 1.54. The van der Waals surface area contributed by atoms with E-state index in [1.165, 1.54) is 11.1 Å². The molecule has 69 valence electrons. The topological polar surface area (TPSA) is 22.1 Å². The zero-order chi connectivity index (χ0) is 9.38. The average molecular weight is 202 g/mol. The van der Waals surface area contributed by atoms with Crippen molar-refractivity contribution in [3.05, 3.63) is 35.3 Å². The van der Waals surface area contributed by atoms with E-state index in [9.17, 15) is 0 Å². The average Bonchev–Trinajstić information content (AvgIpc) is 2.88. The quantitative estimate of drug-likeness (QED) is 0.709. The summed E-state index contributed by atoms with van der Waals surface area (Å²) in [6.07, 6.45) is 2.72. The van der Waals surface area contributed by atoms with Crippen LogP contribution in [0.2, 0.25) is 0 Å². The van der Waals surface area contributed by atoms with Gasteiger partial charge < -0.3 is 4.74 Å². The van der Waals surface area contributed by atoms with Gasteiger partial charge in [0.25, 0.3) is 0 Å². The van der Waals surface area contributed by atoms with Gasteiger partial charge in [0.1, 0.15) is 10.8 Å². The lowest BCUT2D eigenvalue weighted by Crippen LogP contribution is -1.85. The second kappa shape index (κ2) is 3.10. The number of nitrogens with zero attached hydrogens (tertiary/aromatic N) is 1. The van der Waals surface area contributed by atoms with Gasteiger partial charge in [-0.3, -0.25) is 0 Å². The van der Waals surface area contributed by atoms with Gasteiger partial charge in [0, 0.05) is 18.2 Å². The predicted molar refractivity (Wildman–Crippen MR) is 55.6 cm³/mol. The molecule has 2 aromatic rings. The van der Waals surface area contributed by atoms with Gasteiger partial charge in [-0.1, -0.05) is 0 Å². The van der Waals surface area contributed by atoms with E-state index in [0.29, 0.717) is 0 Å². The number of hydrogen-bond donors (Lipinski definition) is 0. The Bertz CT molecular complexity index is 450. The zero-order valence-electron chi connectivity index (χ0n) is 7.49. The van der Waals surface area contributed by atoms with E-state index in [1.54, 1.807) is 17.5 Å². The molecule has 1 aliphatic rings. The Hall–Kier alpha value is -1.35. The van der Waals surface area contributed by atoms with Crippen LogP contribution in [0.4, 0.5) is 0 Å². The summed E-state index contributed by atoms with van der Waals surface area (Å²) in [5.41, 5.74) is 2.46. The van der Waals surface area contributed by atoms with E-state index >= 15 is 0 Å². The Morgan fingerprint density at radius 2 is 2.43 bits per heavy atom. The third kappa shape index (κ3) is 1.21. The van der Waals surface area contributed by atoms with Crippen LogP contribution in [-0.2, 0) is 6.42 Å². The lowest BCUT2D eigenvalue weighted by molar-refractivity contribution is 0.357. The number of fused-ring (bicyclic) bond motifs is 1. The number of hydrogen-bond acceptors (Lipinski definition) is 3. The van der Waals surface area contributed by atoms with Crippen molar-refractivity contribution in [2.45, 2.75) is 6.42 Å². The van der Waals surface area contributed by atoms with Crippen molar-refractivity contribution in [3.8, 4) is 16.3 Å². The largest absolute Gasteiger partial charge is 0.493 e. The van der Waals surface area contributed by atoms with Crippen LogP contribution in [0.25, 0.3) is 10.6 Å². The first-order valence-corrected chi connectivity index (χ1v) is 5.33. The van der Waals surface area contributed by atoms with Crippen LogP contribution < -0.4 is 4.74 Å². The van der Waals surface area contributed by atoms with Gasteiger partial charge in [0.2, 0.25) is 0 Å². The summed E-state index contributed by atoms with van der Waals surface area (Å²) in [5.74, 6) is 1.02. The highest BCUT2D eigenvalue weighted by atomic mass is 32.1. The summed E-state index contributed by atoms with van der Waals surface area (Å²) < 4.78 is 5.45. The van der Waals surface area contributed by atoms with Crippen molar-refractivity contribution in [1.82, 2.24) is 4.98 Å². The fourth-order valence-corrected chi connectivity index (χ4v) is 2.21. The second-order valence-electron chi connectivity index (χ2n) is 3.20. The number of thiazole rings is 1. The van der Waals surface area contributed by atoms with Gasteiger partial charge >= 0.3 is 0 Å². The Morgan fingerprint density at radius 1 is 1.43 bits per heavy atom. The van der Waals surface area contributed by atoms with Crippen LogP contribution in [0.15, 0.2) is 24.4 Å². The first-order chi connectivity index (χ1) is 6.93. The highest BCUT2D eigenvalue weighted by Gasteiger charge is 2.13. The Labute approximate surface area is 86.2 Å². The number of aromatic nitrogens is 1. The monoisotopic (exact) mass is 202 g/mol. The molecule has 0 saturated heterocycles. The molecule has 0 amide bonds. The third-order valence-corrected chi connectivity index (χ3v) is 3.08. The number of ether oxygens (including phenoxy) is 1. The second-order valence-corrected chi connectivity index (χ2v) is 4.03. The maximum absolute atomic E-state index is 5.45. The molecule has 0 N–H and O–H groups in total. The molecule has 0 spiro atoms. The SMILES string of the molecule is [c]1cnc(-c2ccc3c(c2)CCO3)s1. The van der Waals surface area contributed by atoms with Gasteiger partial charge in [0.05, 0.1) is 12.0 Å². The summed E-state index contributed by atoms with van der Waals surface area (Å²) in [5, 5.41) is 4.02. The van der Waals surface area contributed by atoms with Gasteiger partial charge in [-0.15, -0.1) is 11.3 Å². The Balaban J connectivity index is 2.09. The van der Waals surface area contributed by atoms with E-state index in [0.717, 1.165) is 23.8 Å². The van der Waals surface area contributed by atoms with Crippen LogP contribution in [0, 0.1) is 5.38 Å². The predicted octanol–water partition coefficient (Wildman–Crippen LogP) is 2.55. The fraction of sp³-hybridized carbons (Fsp3) is 0.182. The van der Waals surface area contributed by atoms with Crippen LogP contribution >= 0.6 is 11.3 Å². The molecule has 3 heteroatoms. The molecule has 0 saturated carbocycles. The molecule has 0 fully saturated rings. The standard InChI is InChI=1S/C11H8NOS/c1-2-10-8(3-5-13-10)7-9(1)11-12-4-6-14-11/h1-2,4,7H,3,5H2. The van der Waals surface area contributed by atoms with Crippen molar-refractivity contribution < 1.29 is 4.74 Å². The minimum absolute atomic E-state index is 0.808. The maximum Gasteiger partial charge on any atom is 0.123 e. The van der Waals surface area contributed by atoms with E-state index in [4.69, 9.17) is 4.74 Å². The van der Waals surface area contributed by atoms with Crippen molar-refractivity contribution in [2.75, 3.05) is 6.61 Å². The molecule has 1 radical (unpaired) electrons. The summed E-state index contributed by atoms with van der Waals surface area (Å²) in [4.78, 5) is 4.23. The molecule has 1 aromatic heterocycles. The minimum Gasteiger partial charge on any atom is -0.493 e. The summed E-state index contributed by atoms with van der Waals surface area (Å²) in [7, 11) is 0. The van der Waals surface area contributed by atoms with E-state index in [1.807, 2.05) is 6.07 Å². The van der Waals surface area contributed by atoms with Gasteiger partial charge in [-0.2, -0.15) is 0 Å². The van der Waals surface area contributed by atoms with E-state index in [-0.39, 0.29) is 0 Å². The Morgan fingerprint density at radius 3 is 3.29 bits per heavy atom. The van der Waals surface area contributed by atoms with Gasteiger partial charge in [-0.05, 0) is 23.8 Å². The molecule has 1 aromatic carbocycles. The molecule has 0 atom stereocenters. The number of rotatable bonds is 1. The van der Waals surface area contributed by atoms with Crippen LogP contribution in [-0.4, -0.2) is 11.6 Å². The molecule has 1 aliphatic heterocycles. The van der Waals surface area contributed by atoms with Crippen LogP contribution in [0.3, 0.4) is 0 Å². The molecule has 2 nitrogen and oxygen atoms in total. The fourth-order valence-electron chi connectivity index (χ4n) is 1.65. The first-order valence-electron chi connectivity index (χ1n) is 4.51. The molecule has 0 bridgehead atoms. The smallest absolute Gasteiger partial charge is 0.123 e. The molecular formula is C11H8NOS. The summed E-state index contributed by atoms with van der Waals surface area (Å²) in [6.45, 7) is 0.808. The molecule has 0 aliphatic carbocycles. The van der Waals surface area contributed by atoms with Crippen molar-refractivity contribution in [2.24, 2.45) is 0 Å². The lowest BCUT2D eigenvalue weighted by atomic mass is 10.1. The van der Waals surface area contributed by atoms with Crippen molar-refractivity contribution >= 4 is 11.3 Å². The molecule has 2 heterocycles. The highest BCUT2D eigenvalue weighted by Crippen LogP contribution is 2.30. The molecular weight excluding hydrogens is 194 g/mol. The van der Waals surface area contributed by atoms with Crippen LogP contribution in [0.5, 0.6) is 5.75 Å². The lowest BCUT2D eigenvalue weighted by Gasteiger charge is -2.00. The molecule has 3 rings (SSSR count). The molecule has 0 unspecified atom stereocenters. The molecule has 14 heavy (non-hydrogen) atoms. The minimum atomic E-state index is 0.808. The summed E-state index contributed by atoms with van der Waals surface area (Å²) in [6, 6.07) is 6.24. The first kappa shape index (κ1) is 8.00. The normalized spacial score (nSPS) is 13.7. The third-order valence-electron chi connectivity index (χ3n) is 2.33. The van der Waals surface area contributed by atoms with Gasteiger partial charge in [-0.25, -0.2) is 4.98 Å². The van der Waals surface area contributed by atoms with E-state index < -0.39 is 0 Å². The zero-order valence-corrected chi connectivity index (χ0v) is 8.30. The van der Waals surface area contributed by atoms with Gasteiger partial charge in [0.15, 0.2) is 0 Å². The van der Waals surface area contributed by atoms with E-state index in [2.05, 4.69) is 22.5 Å².